The minimum Gasteiger partial charge on any atom is -0.465 e. The quantitative estimate of drug-likeness (QED) is 0.779. The van der Waals surface area contributed by atoms with Crippen LogP contribution in [0.2, 0.25) is 0 Å². The number of imidazole rings is 1. The molecule has 3 rings (SSSR count). The summed E-state index contributed by atoms with van der Waals surface area (Å²) in [5.41, 5.74) is -0.565. The number of esters is 1. The Hall–Kier alpha value is -1.40. The number of hydrogen-bond donors (Lipinski definition) is 1. The van der Waals surface area contributed by atoms with Crippen molar-refractivity contribution in [1.82, 2.24) is 19.8 Å². The standard InChI is InChI=1S/C15H24N4O2/c1-3-21-14(20)15(16-2,12-4-5-12)11-18-8-9-19-7-6-17-13(19)10-18/h6-7,12,16H,3-5,8-11H2,1-2H3. The molecule has 1 aliphatic heterocycles. The van der Waals surface area contributed by atoms with Crippen LogP contribution in [0.1, 0.15) is 25.6 Å². The van der Waals surface area contributed by atoms with E-state index < -0.39 is 5.54 Å². The summed E-state index contributed by atoms with van der Waals surface area (Å²) in [5.74, 6) is 1.36. The highest BCUT2D eigenvalue weighted by atomic mass is 16.5. The molecule has 1 aliphatic carbocycles. The molecule has 2 heterocycles. The van der Waals surface area contributed by atoms with E-state index in [1.54, 1.807) is 0 Å². The van der Waals surface area contributed by atoms with E-state index in [2.05, 4.69) is 19.8 Å². The van der Waals surface area contributed by atoms with Crippen molar-refractivity contribution in [3.8, 4) is 0 Å². The van der Waals surface area contributed by atoms with Gasteiger partial charge in [-0.05, 0) is 32.7 Å². The minimum absolute atomic E-state index is 0.107. The average Bonchev–Trinajstić information content (AvgIpc) is 3.23. The zero-order valence-corrected chi connectivity index (χ0v) is 12.8. The van der Waals surface area contributed by atoms with Gasteiger partial charge in [-0.15, -0.1) is 0 Å². The van der Waals surface area contributed by atoms with Crippen LogP contribution in [0.15, 0.2) is 12.4 Å². The lowest BCUT2D eigenvalue weighted by Crippen LogP contribution is -2.60. The predicted octanol–water partition coefficient (Wildman–Crippen LogP) is 0.630. The second-order valence-corrected chi connectivity index (χ2v) is 5.96. The van der Waals surface area contributed by atoms with Gasteiger partial charge >= 0.3 is 5.97 Å². The smallest absolute Gasteiger partial charge is 0.327 e. The molecular formula is C15H24N4O2. The molecule has 6 heteroatoms. The van der Waals surface area contributed by atoms with Gasteiger partial charge in [0.2, 0.25) is 0 Å². The molecule has 1 unspecified atom stereocenters. The lowest BCUT2D eigenvalue weighted by Gasteiger charge is -2.38. The van der Waals surface area contributed by atoms with Gasteiger partial charge in [-0.3, -0.25) is 4.90 Å². The van der Waals surface area contributed by atoms with Crippen LogP contribution in [0.25, 0.3) is 0 Å². The maximum atomic E-state index is 12.5. The summed E-state index contributed by atoms with van der Waals surface area (Å²) >= 11 is 0. The van der Waals surface area contributed by atoms with Crippen molar-refractivity contribution in [3.05, 3.63) is 18.2 Å². The topological polar surface area (TPSA) is 59.4 Å². The van der Waals surface area contributed by atoms with Gasteiger partial charge in [0.15, 0.2) is 0 Å². The first-order chi connectivity index (χ1) is 10.2. The largest absolute Gasteiger partial charge is 0.465 e. The lowest BCUT2D eigenvalue weighted by molar-refractivity contribution is -0.153. The van der Waals surface area contributed by atoms with Crippen molar-refractivity contribution in [2.24, 2.45) is 5.92 Å². The number of aromatic nitrogens is 2. The molecule has 1 saturated carbocycles. The maximum Gasteiger partial charge on any atom is 0.327 e. The summed E-state index contributed by atoms with van der Waals surface area (Å²) in [4.78, 5) is 19.2. The van der Waals surface area contributed by atoms with Gasteiger partial charge in [0, 0.05) is 32.0 Å². The number of nitrogens with zero attached hydrogens (tertiary/aromatic N) is 3. The highest BCUT2D eigenvalue weighted by Crippen LogP contribution is 2.41. The van der Waals surface area contributed by atoms with Gasteiger partial charge < -0.3 is 14.6 Å². The first-order valence-corrected chi connectivity index (χ1v) is 7.78. The van der Waals surface area contributed by atoms with E-state index in [9.17, 15) is 4.79 Å². The molecule has 6 nitrogen and oxygen atoms in total. The van der Waals surface area contributed by atoms with E-state index in [0.29, 0.717) is 19.1 Å². The Kier molecular flexibility index (Phi) is 3.99. The highest BCUT2D eigenvalue weighted by Gasteiger charge is 2.52. The zero-order chi connectivity index (χ0) is 14.9. The van der Waals surface area contributed by atoms with Gasteiger partial charge in [-0.25, -0.2) is 9.78 Å². The molecule has 21 heavy (non-hydrogen) atoms. The fourth-order valence-electron chi connectivity index (χ4n) is 3.29. The fraction of sp³-hybridized carbons (Fsp3) is 0.733. The fourth-order valence-corrected chi connectivity index (χ4v) is 3.29. The van der Waals surface area contributed by atoms with E-state index in [-0.39, 0.29) is 5.97 Å². The molecule has 0 aromatic carbocycles. The molecule has 0 amide bonds. The van der Waals surface area contributed by atoms with Gasteiger partial charge in [0.05, 0.1) is 13.2 Å². The normalized spacial score (nSPS) is 21.6. The van der Waals surface area contributed by atoms with Crippen LogP contribution in [0.3, 0.4) is 0 Å². The van der Waals surface area contributed by atoms with Crippen LogP contribution in [0.4, 0.5) is 0 Å². The Balaban J connectivity index is 1.74. The number of nitrogens with one attached hydrogen (secondary N) is 1. The molecule has 1 aromatic rings. The molecule has 1 aromatic heterocycles. The van der Waals surface area contributed by atoms with Crippen LogP contribution in [0, 0.1) is 5.92 Å². The molecule has 1 N–H and O–H groups in total. The number of rotatable bonds is 6. The van der Waals surface area contributed by atoms with Gasteiger partial charge in [-0.1, -0.05) is 0 Å². The highest BCUT2D eigenvalue weighted by molar-refractivity contribution is 5.82. The van der Waals surface area contributed by atoms with Crippen LogP contribution in [0.5, 0.6) is 0 Å². The van der Waals surface area contributed by atoms with Gasteiger partial charge in [0.25, 0.3) is 0 Å². The second-order valence-electron chi connectivity index (χ2n) is 5.96. The zero-order valence-electron chi connectivity index (χ0n) is 12.8. The summed E-state index contributed by atoms with van der Waals surface area (Å²) in [6.07, 6.45) is 6.06. The van der Waals surface area contributed by atoms with Gasteiger partial charge in [-0.2, -0.15) is 0 Å². The SMILES string of the molecule is CCOC(=O)C(CN1CCn2ccnc2C1)(NC)C1CC1. The Morgan fingerprint density at radius 1 is 1.52 bits per heavy atom. The van der Waals surface area contributed by atoms with Crippen LogP contribution in [-0.4, -0.2) is 52.7 Å². The molecule has 2 aliphatic rings. The van der Waals surface area contributed by atoms with E-state index in [0.717, 1.165) is 38.3 Å². The number of carbonyl (C=O) groups is 1. The van der Waals surface area contributed by atoms with E-state index >= 15 is 0 Å². The number of hydrogen-bond acceptors (Lipinski definition) is 5. The van der Waals surface area contributed by atoms with Crippen molar-refractivity contribution in [3.63, 3.8) is 0 Å². The molecular weight excluding hydrogens is 268 g/mol. The summed E-state index contributed by atoms with van der Waals surface area (Å²) < 4.78 is 7.53. The number of fused-ring (bicyclic) bond motifs is 1. The maximum absolute atomic E-state index is 12.5. The third kappa shape index (κ3) is 2.70. The van der Waals surface area contributed by atoms with Crippen LogP contribution in [-0.2, 0) is 22.6 Å². The summed E-state index contributed by atoms with van der Waals surface area (Å²) in [5, 5.41) is 3.28. The molecule has 0 spiro atoms. The Morgan fingerprint density at radius 3 is 3.00 bits per heavy atom. The number of likely N-dealkylation sites (N-methyl/N-ethyl adjacent to an activating group) is 1. The van der Waals surface area contributed by atoms with E-state index in [4.69, 9.17) is 4.74 Å². The van der Waals surface area contributed by atoms with Crippen molar-refractivity contribution in [2.45, 2.75) is 38.4 Å². The van der Waals surface area contributed by atoms with Crippen molar-refractivity contribution >= 4 is 5.97 Å². The molecule has 0 radical (unpaired) electrons. The Morgan fingerprint density at radius 2 is 2.33 bits per heavy atom. The van der Waals surface area contributed by atoms with Gasteiger partial charge in [0.1, 0.15) is 11.4 Å². The Bertz CT molecular complexity index is 512. The summed E-state index contributed by atoms with van der Waals surface area (Å²) in [6.45, 7) is 5.66. The van der Waals surface area contributed by atoms with Crippen molar-refractivity contribution in [1.29, 1.82) is 0 Å². The number of ether oxygens (including phenoxy) is 1. The minimum atomic E-state index is -0.565. The van der Waals surface area contributed by atoms with Crippen LogP contribution < -0.4 is 5.32 Å². The molecule has 116 valence electrons. The summed E-state index contributed by atoms with van der Waals surface area (Å²) in [6, 6.07) is 0. The molecule has 1 atom stereocenters. The summed E-state index contributed by atoms with van der Waals surface area (Å²) in [7, 11) is 1.88. The van der Waals surface area contributed by atoms with Crippen LogP contribution >= 0.6 is 0 Å². The molecule has 1 fully saturated rings. The lowest BCUT2D eigenvalue weighted by atomic mass is 9.92. The van der Waals surface area contributed by atoms with E-state index in [1.807, 2.05) is 26.4 Å². The molecule has 0 saturated heterocycles. The first-order valence-electron chi connectivity index (χ1n) is 7.78. The predicted molar refractivity (Wildman–Crippen MR) is 78.7 cm³/mol. The third-order valence-electron chi connectivity index (χ3n) is 4.66. The average molecular weight is 292 g/mol. The second kappa shape index (κ2) is 5.77. The third-order valence-corrected chi connectivity index (χ3v) is 4.66. The monoisotopic (exact) mass is 292 g/mol. The van der Waals surface area contributed by atoms with Crippen molar-refractivity contribution in [2.75, 3.05) is 26.7 Å². The Labute approximate surface area is 125 Å². The van der Waals surface area contributed by atoms with E-state index in [1.165, 1.54) is 0 Å². The number of carbonyl (C=O) groups excluding carboxylic acids is 1. The van der Waals surface area contributed by atoms with Crippen molar-refractivity contribution < 1.29 is 9.53 Å². The first kappa shape index (κ1) is 14.5. The molecule has 0 bridgehead atoms.